The summed E-state index contributed by atoms with van der Waals surface area (Å²) in [6.07, 6.45) is 5.21. The maximum atomic E-state index is 14.7. The second kappa shape index (κ2) is 5.99. The van der Waals surface area contributed by atoms with E-state index in [1.807, 2.05) is 5.38 Å². The number of thiophene rings is 1. The quantitative estimate of drug-likeness (QED) is 0.524. The number of rotatable bonds is 3. The Labute approximate surface area is 157 Å². The highest BCUT2D eigenvalue weighted by atomic mass is 32.1. The van der Waals surface area contributed by atoms with Crippen molar-refractivity contribution >= 4 is 22.9 Å². The van der Waals surface area contributed by atoms with Crippen LogP contribution in [-0.4, -0.2) is 20.2 Å². The molecular weight excluding hydrogens is 368 g/mol. The largest absolute Gasteiger partial charge is 0.329 e. The van der Waals surface area contributed by atoms with Gasteiger partial charge in [-0.1, -0.05) is 0 Å². The van der Waals surface area contributed by atoms with Crippen LogP contribution in [0, 0.1) is 11.6 Å². The molecule has 27 heavy (non-hydrogen) atoms. The van der Waals surface area contributed by atoms with Crippen molar-refractivity contribution in [1.82, 2.24) is 14.3 Å². The lowest BCUT2D eigenvalue weighted by atomic mass is 10.0. The molecule has 0 radical (unpaired) electrons. The van der Waals surface area contributed by atoms with Crippen molar-refractivity contribution in [3.63, 3.8) is 0 Å². The molecule has 5 rings (SSSR count). The number of aromatic nitrogens is 2. The third kappa shape index (κ3) is 2.62. The van der Waals surface area contributed by atoms with E-state index in [1.54, 1.807) is 41.2 Å². The van der Waals surface area contributed by atoms with E-state index < -0.39 is 11.6 Å². The van der Waals surface area contributed by atoms with Crippen molar-refractivity contribution in [3.05, 3.63) is 81.9 Å². The van der Waals surface area contributed by atoms with Gasteiger partial charge < -0.3 is 9.30 Å². The molecule has 1 aliphatic heterocycles. The minimum atomic E-state index is -0.654. The monoisotopic (exact) mass is 381 g/mol. The smallest absolute Gasteiger partial charge is 0.255 e. The molecule has 1 amide bonds. The molecule has 3 aromatic heterocycles. The predicted octanol–water partition coefficient (Wildman–Crippen LogP) is 4.50. The van der Waals surface area contributed by atoms with E-state index in [-0.39, 0.29) is 18.0 Å². The Kier molecular flexibility index (Phi) is 3.58. The van der Waals surface area contributed by atoms with Crippen LogP contribution < -0.4 is 0 Å². The Bertz CT molecular complexity index is 1170. The molecule has 0 aliphatic carbocycles. The average Bonchev–Trinajstić information content (AvgIpc) is 3.36. The molecule has 0 saturated heterocycles. The minimum Gasteiger partial charge on any atom is -0.329 e. The first-order chi connectivity index (χ1) is 13.1. The topological polar surface area (TPSA) is 37.6 Å². The highest BCUT2D eigenvalue weighted by Crippen LogP contribution is 2.31. The Balaban J connectivity index is 1.46. The van der Waals surface area contributed by atoms with Gasteiger partial charge in [0, 0.05) is 29.0 Å². The van der Waals surface area contributed by atoms with Crippen LogP contribution in [0.25, 0.3) is 16.8 Å². The fourth-order valence-electron chi connectivity index (χ4n) is 3.40. The molecule has 0 saturated carbocycles. The Hall–Kier alpha value is -3.06. The van der Waals surface area contributed by atoms with E-state index in [0.717, 1.165) is 10.5 Å². The zero-order chi connectivity index (χ0) is 18.5. The molecule has 4 aromatic rings. The van der Waals surface area contributed by atoms with Crippen LogP contribution in [0.4, 0.5) is 8.78 Å². The molecule has 4 nitrogen and oxygen atoms in total. The SMILES string of the molecule is O=C1c2ccsc2CN1Cc1c(F)cc(-c2ccc3nccn3c2)cc1F. The number of pyridine rings is 1. The molecule has 4 heterocycles. The summed E-state index contributed by atoms with van der Waals surface area (Å²) in [4.78, 5) is 18.9. The van der Waals surface area contributed by atoms with Gasteiger partial charge in [0.1, 0.15) is 17.3 Å². The fourth-order valence-corrected chi connectivity index (χ4v) is 4.28. The predicted molar refractivity (Wildman–Crippen MR) is 98.4 cm³/mol. The third-order valence-electron chi connectivity index (χ3n) is 4.81. The van der Waals surface area contributed by atoms with Crippen LogP contribution in [0.2, 0.25) is 0 Å². The van der Waals surface area contributed by atoms with Crippen LogP contribution in [0.15, 0.2) is 54.3 Å². The van der Waals surface area contributed by atoms with Crippen molar-refractivity contribution < 1.29 is 13.6 Å². The highest BCUT2D eigenvalue weighted by molar-refractivity contribution is 7.10. The molecule has 0 bridgehead atoms. The lowest BCUT2D eigenvalue weighted by molar-refractivity contribution is 0.0764. The van der Waals surface area contributed by atoms with E-state index in [4.69, 9.17) is 0 Å². The van der Waals surface area contributed by atoms with E-state index >= 15 is 0 Å². The van der Waals surface area contributed by atoms with Crippen LogP contribution in [0.1, 0.15) is 20.8 Å². The summed E-state index contributed by atoms with van der Waals surface area (Å²) in [6, 6.07) is 7.95. The summed E-state index contributed by atoms with van der Waals surface area (Å²) in [7, 11) is 0. The lowest BCUT2D eigenvalue weighted by Crippen LogP contribution is -2.24. The van der Waals surface area contributed by atoms with Crippen molar-refractivity contribution in [1.29, 1.82) is 0 Å². The summed E-state index contributed by atoms with van der Waals surface area (Å²) >= 11 is 1.48. The molecule has 0 fully saturated rings. The first kappa shape index (κ1) is 16.1. The zero-order valence-corrected chi connectivity index (χ0v) is 14.8. The third-order valence-corrected chi connectivity index (χ3v) is 5.72. The first-order valence-corrected chi connectivity index (χ1v) is 9.25. The summed E-state index contributed by atoms with van der Waals surface area (Å²) in [5.74, 6) is -1.49. The number of amides is 1. The molecule has 1 aromatic carbocycles. The van der Waals surface area contributed by atoms with Crippen molar-refractivity contribution in [3.8, 4) is 11.1 Å². The number of imidazole rings is 1. The van der Waals surface area contributed by atoms with E-state index in [1.165, 1.54) is 28.4 Å². The summed E-state index contributed by atoms with van der Waals surface area (Å²) < 4.78 is 31.2. The molecule has 7 heteroatoms. The molecule has 0 unspecified atom stereocenters. The van der Waals surface area contributed by atoms with Gasteiger partial charge in [0.05, 0.1) is 18.7 Å². The van der Waals surface area contributed by atoms with Crippen LogP contribution in [0.3, 0.4) is 0 Å². The van der Waals surface area contributed by atoms with Gasteiger partial charge in [-0.25, -0.2) is 13.8 Å². The molecule has 134 valence electrons. The number of carbonyl (C=O) groups is 1. The number of nitrogens with zero attached hydrogens (tertiary/aromatic N) is 3. The van der Waals surface area contributed by atoms with Gasteiger partial charge in [-0.05, 0) is 46.8 Å². The van der Waals surface area contributed by atoms with E-state index in [9.17, 15) is 13.6 Å². The number of hydrogen-bond acceptors (Lipinski definition) is 3. The molecule has 1 aliphatic rings. The van der Waals surface area contributed by atoms with Crippen molar-refractivity contribution in [2.75, 3.05) is 0 Å². The standard InChI is InChI=1S/C20H13F2N3OS/c21-16-7-13(12-1-2-19-23-4-5-24(19)9-12)8-17(22)15(16)10-25-11-18-14(20(25)26)3-6-27-18/h1-9H,10-11H2. The number of hydrogen-bond donors (Lipinski definition) is 0. The highest BCUT2D eigenvalue weighted by Gasteiger charge is 2.29. The maximum Gasteiger partial charge on any atom is 0.255 e. The molecule has 0 spiro atoms. The minimum absolute atomic E-state index is 0.0846. The maximum absolute atomic E-state index is 14.7. The van der Waals surface area contributed by atoms with Crippen molar-refractivity contribution in [2.45, 2.75) is 13.1 Å². The van der Waals surface area contributed by atoms with Gasteiger partial charge in [0.15, 0.2) is 0 Å². The number of fused-ring (bicyclic) bond motifs is 2. The number of halogens is 2. The average molecular weight is 381 g/mol. The number of carbonyl (C=O) groups excluding carboxylic acids is 1. The molecule has 0 N–H and O–H groups in total. The lowest BCUT2D eigenvalue weighted by Gasteiger charge is -2.17. The van der Waals surface area contributed by atoms with Gasteiger partial charge in [-0.3, -0.25) is 4.79 Å². The summed E-state index contributed by atoms with van der Waals surface area (Å²) in [6.45, 7) is 0.308. The number of benzene rings is 1. The van der Waals surface area contributed by atoms with E-state index in [2.05, 4.69) is 4.98 Å². The zero-order valence-electron chi connectivity index (χ0n) is 14.0. The van der Waals surface area contributed by atoms with Crippen LogP contribution in [0.5, 0.6) is 0 Å². The second-order valence-electron chi connectivity index (χ2n) is 6.45. The Morgan fingerprint density at radius 2 is 1.93 bits per heavy atom. The Morgan fingerprint density at radius 3 is 2.70 bits per heavy atom. The van der Waals surface area contributed by atoms with Gasteiger partial charge in [0.25, 0.3) is 5.91 Å². The Morgan fingerprint density at radius 1 is 1.11 bits per heavy atom. The first-order valence-electron chi connectivity index (χ1n) is 8.37. The normalized spacial score (nSPS) is 13.6. The van der Waals surface area contributed by atoms with Gasteiger partial charge in [-0.15, -0.1) is 11.3 Å². The van der Waals surface area contributed by atoms with E-state index in [0.29, 0.717) is 23.2 Å². The van der Waals surface area contributed by atoms with Crippen LogP contribution >= 0.6 is 11.3 Å². The summed E-state index contributed by atoms with van der Waals surface area (Å²) in [5.41, 5.74) is 2.42. The van der Waals surface area contributed by atoms with Gasteiger partial charge in [0.2, 0.25) is 0 Å². The second-order valence-corrected chi connectivity index (χ2v) is 7.45. The fraction of sp³-hybridized carbons (Fsp3) is 0.100. The molecule has 0 atom stereocenters. The van der Waals surface area contributed by atoms with Crippen LogP contribution in [-0.2, 0) is 13.1 Å². The van der Waals surface area contributed by atoms with Gasteiger partial charge in [-0.2, -0.15) is 0 Å². The van der Waals surface area contributed by atoms with Crippen molar-refractivity contribution in [2.24, 2.45) is 0 Å². The summed E-state index contributed by atoms with van der Waals surface area (Å²) in [5, 5.41) is 1.85. The molecular formula is C20H13F2N3OS. The van der Waals surface area contributed by atoms with Gasteiger partial charge >= 0.3 is 0 Å².